The lowest BCUT2D eigenvalue weighted by Gasteiger charge is -2.18. The van der Waals surface area contributed by atoms with E-state index >= 15 is 0 Å². The van der Waals surface area contributed by atoms with E-state index in [9.17, 15) is 9.59 Å². The van der Waals surface area contributed by atoms with E-state index in [1.54, 1.807) is 12.1 Å². The number of ether oxygens (including phenoxy) is 1. The molecule has 0 radical (unpaired) electrons. The van der Waals surface area contributed by atoms with Crippen molar-refractivity contribution in [3.63, 3.8) is 0 Å². The van der Waals surface area contributed by atoms with E-state index in [4.69, 9.17) is 16.3 Å². The number of benzene rings is 1. The number of aryl methyl sites for hydroxylation is 1. The number of esters is 1. The monoisotopic (exact) mass is 393 g/mol. The molecule has 2 aromatic rings. The molecule has 3 rings (SSSR count). The zero-order valence-corrected chi connectivity index (χ0v) is 16.0. The lowest BCUT2D eigenvalue weighted by atomic mass is 9.91. The van der Waals surface area contributed by atoms with Crippen molar-refractivity contribution in [2.75, 3.05) is 11.9 Å². The Labute approximate surface area is 160 Å². The first kappa shape index (κ1) is 18.7. The highest BCUT2D eigenvalue weighted by molar-refractivity contribution is 7.15. The second-order valence-corrected chi connectivity index (χ2v) is 7.53. The van der Waals surface area contributed by atoms with Crippen LogP contribution < -0.4 is 10.6 Å². The second-order valence-electron chi connectivity index (χ2n) is 6.01. The third-order valence-corrected chi connectivity index (χ3v) is 5.43. The number of amides is 2. The van der Waals surface area contributed by atoms with Gasteiger partial charge in [0.05, 0.1) is 18.2 Å². The van der Waals surface area contributed by atoms with Gasteiger partial charge in [0, 0.05) is 16.4 Å². The van der Waals surface area contributed by atoms with Crippen LogP contribution in [-0.4, -0.2) is 23.6 Å². The van der Waals surface area contributed by atoms with Crippen LogP contribution >= 0.6 is 22.9 Å². The number of anilines is 1. The van der Waals surface area contributed by atoms with Crippen molar-refractivity contribution in [2.45, 2.75) is 32.7 Å². The molecule has 1 aromatic carbocycles. The van der Waals surface area contributed by atoms with E-state index in [1.165, 1.54) is 11.3 Å². The first-order chi connectivity index (χ1) is 12.5. The summed E-state index contributed by atoms with van der Waals surface area (Å²) >= 11 is 7.26. The van der Waals surface area contributed by atoms with E-state index in [0.29, 0.717) is 29.7 Å². The Hall–Kier alpha value is -2.12. The fourth-order valence-electron chi connectivity index (χ4n) is 2.82. The van der Waals surface area contributed by atoms with Crippen LogP contribution in [0.4, 0.5) is 9.93 Å². The summed E-state index contributed by atoms with van der Waals surface area (Å²) in [5.41, 5.74) is 1.92. The van der Waals surface area contributed by atoms with Gasteiger partial charge in [-0.05, 0) is 43.9 Å². The molecule has 1 aromatic heterocycles. The number of thiazole rings is 1. The molecule has 2 N–H and O–H groups in total. The molecule has 1 aliphatic carbocycles. The van der Waals surface area contributed by atoms with Gasteiger partial charge in [-0.15, -0.1) is 11.3 Å². The van der Waals surface area contributed by atoms with Gasteiger partial charge in [0.1, 0.15) is 0 Å². The Kier molecular flexibility index (Phi) is 6.11. The first-order valence-electron chi connectivity index (χ1n) is 8.49. The van der Waals surface area contributed by atoms with Crippen molar-refractivity contribution >= 4 is 40.1 Å². The number of fused-ring (bicyclic) bond motifs is 1. The summed E-state index contributed by atoms with van der Waals surface area (Å²) in [5, 5.41) is 6.76. The predicted octanol–water partition coefficient (Wildman–Crippen LogP) is 3.79. The number of aromatic nitrogens is 1. The van der Waals surface area contributed by atoms with Gasteiger partial charge in [0.25, 0.3) is 0 Å². The van der Waals surface area contributed by atoms with Crippen LogP contribution in [0.25, 0.3) is 0 Å². The lowest BCUT2D eigenvalue weighted by molar-refractivity contribution is -0.148. The van der Waals surface area contributed by atoms with Gasteiger partial charge >= 0.3 is 12.0 Å². The highest BCUT2D eigenvalue weighted by Crippen LogP contribution is 2.32. The maximum absolute atomic E-state index is 12.1. The van der Waals surface area contributed by atoms with Crippen molar-refractivity contribution in [2.24, 2.45) is 5.92 Å². The third-order valence-electron chi connectivity index (χ3n) is 4.15. The maximum atomic E-state index is 12.1. The van der Waals surface area contributed by atoms with E-state index in [-0.39, 0.29) is 17.9 Å². The molecule has 26 heavy (non-hydrogen) atoms. The number of carbonyl (C=O) groups is 2. The first-order valence-corrected chi connectivity index (χ1v) is 9.69. The Morgan fingerprint density at radius 3 is 2.85 bits per heavy atom. The SMILES string of the molecule is CCOC(=O)C1CCc2nc(NC(=O)NCc3ccc(Cl)cc3)sc2C1. The molecule has 0 aliphatic heterocycles. The molecule has 0 spiro atoms. The standard InChI is InChI=1S/C18H20ClN3O3S/c1-2-25-16(23)12-5-8-14-15(9-12)26-18(21-14)22-17(24)20-10-11-3-6-13(19)7-4-11/h3-4,6-7,12H,2,5,8-10H2,1H3,(H2,20,21,22,24). The molecule has 138 valence electrons. The fraction of sp³-hybridized carbons (Fsp3) is 0.389. The van der Waals surface area contributed by atoms with Gasteiger partial charge in [0.2, 0.25) is 0 Å². The molecule has 0 saturated heterocycles. The molecule has 1 heterocycles. The van der Waals surface area contributed by atoms with Crippen LogP contribution in [0.5, 0.6) is 0 Å². The summed E-state index contributed by atoms with van der Waals surface area (Å²) in [4.78, 5) is 29.5. The normalized spacial score (nSPS) is 15.8. The van der Waals surface area contributed by atoms with Crippen LogP contribution in [0.2, 0.25) is 5.02 Å². The van der Waals surface area contributed by atoms with E-state index in [0.717, 1.165) is 29.0 Å². The molecular weight excluding hydrogens is 374 g/mol. The number of nitrogens with one attached hydrogen (secondary N) is 2. The predicted molar refractivity (Wildman–Crippen MR) is 102 cm³/mol. The Morgan fingerprint density at radius 1 is 1.35 bits per heavy atom. The zero-order valence-electron chi connectivity index (χ0n) is 14.4. The molecule has 0 saturated carbocycles. The van der Waals surface area contributed by atoms with Crippen molar-refractivity contribution in [3.05, 3.63) is 45.4 Å². The van der Waals surface area contributed by atoms with Gasteiger partial charge < -0.3 is 10.1 Å². The van der Waals surface area contributed by atoms with Crippen molar-refractivity contribution in [1.29, 1.82) is 0 Å². The number of hydrogen-bond donors (Lipinski definition) is 2. The average Bonchev–Trinajstić information content (AvgIpc) is 3.02. The second kappa shape index (κ2) is 8.51. The number of carbonyl (C=O) groups excluding carboxylic acids is 2. The Balaban J connectivity index is 1.54. The minimum atomic E-state index is -0.312. The van der Waals surface area contributed by atoms with Crippen LogP contribution in [0.3, 0.4) is 0 Å². The summed E-state index contributed by atoms with van der Waals surface area (Å²) in [6.45, 7) is 2.61. The number of halogens is 1. The summed E-state index contributed by atoms with van der Waals surface area (Å²) in [6.07, 6.45) is 2.08. The highest BCUT2D eigenvalue weighted by atomic mass is 35.5. The van der Waals surface area contributed by atoms with Gasteiger partial charge in [-0.3, -0.25) is 10.1 Å². The number of hydrogen-bond acceptors (Lipinski definition) is 5. The minimum Gasteiger partial charge on any atom is -0.466 e. The quantitative estimate of drug-likeness (QED) is 0.757. The van der Waals surface area contributed by atoms with E-state index in [2.05, 4.69) is 15.6 Å². The number of nitrogens with zero attached hydrogens (tertiary/aromatic N) is 1. The summed E-state index contributed by atoms with van der Waals surface area (Å²) in [6, 6.07) is 6.98. The third kappa shape index (κ3) is 4.74. The summed E-state index contributed by atoms with van der Waals surface area (Å²) in [5.74, 6) is -0.267. The zero-order chi connectivity index (χ0) is 18.5. The van der Waals surface area contributed by atoms with Gasteiger partial charge in [-0.25, -0.2) is 9.78 Å². The molecule has 2 amide bonds. The van der Waals surface area contributed by atoms with Crippen LogP contribution in [0, 0.1) is 5.92 Å². The van der Waals surface area contributed by atoms with Crippen molar-refractivity contribution < 1.29 is 14.3 Å². The summed E-state index contributed by atoms with van der Waals surface area (Å²) in [7, 11) is 0. The minimum absolute atomic E-state index is 0.116. The molecular formula is C18H20ClN3O3S. The van der Waals surface area contributed by atoms with Crippen molar-refractivity contribution in [3.8, 4) is 0 Å². The molecule has 0 bridgehead atoms. The van der Waals surface area contributed by atoms with Gasteiger partial charge in [-0.1, -0.05) is 23.7 Å². The van der Waals surface area contributed by atoms with Crippen LogP contribution in [0.1, 0.15) is 29.5 Å². The smallest absolute Gasteiger partial charge is 0.321 e. The molecule has 1 aliphatic rings. The topological polar surface area (TPSA) is 80.3 Å². The molecule has 6 nitrogen and oxygen atoms in total. The Morgan fingerprint density at radius 2 is 2.12 bits per heavy atom. The molecule has 8 heteroatoms. The Bertz CT molecular complexity index is 791. The highest BCUT2D eigenvalue weighted by Gasteiger charge is 2.28. The van der Waals surface area contributed by atoms with Crippen LogP contribution in [0.15, 0.2) is 24.3 Å². The number of urea groups is 1. The van der Waals surface area contributed by atoms with Gasteiger partial charge in [-0.2, -0.15) is 0 Å². The van der Waals surface area contributed by atoms with Gasteiger partial charge in [0.15, 0.2) is 5.13 Å². The van der Waals surface area contributed by atoms with E-state index < -0.39 is 0 Å². The average molecular weight is 394 g/mol. The largest absolute Gasteiger partial charge is 0.466 e. The summed E-state index contributed by atoms with van der Waals surface area (Å²) < 4.78 is 5.11. The van der Waals surface area contributed by atoms with E-state index in [1.807, 2.05) is 19.1 Å². The lowest BCUT2D eigenvalue weighted by Crippen LogP contribution is -2.28. The number of rotatable bonds is 5. The van der Waals surface area contributed by atoms with Crippen molar-refractivity contribution in [1.82, 2.24) is 10.3 Å². The molecule has 1 atom stereocenters. The fourth-order valence-corrected chi connectivity index (χ4v) is 4.02. The van der Waals surface area contributed by atoms with Crippen LogP contribution in [-0.2, 0) is 28.9 Å². The molecule has 1 unspecified atom stereocenters. The maximum Gasteiger partial charge on any atom is 0.321 e. The molecule has 0 fully saturated rings.